The van der Waals surface area contributed by atoms with Gasteiger partial charge in [-0.1, -0.05) is 0 Å². The van der Waals surface area contributed by atoms with Gasteiger partial charge in [-0.2, -0.15) is 0 Å². The number of carboxylic acid groups (broad SMARTS) is 1. The van der Waals surface area contributed by atoms with Crippen molar-refractivity contribution < 1.29 is 9.90 Å². The number of carbonyl (C=O) groups is 1. The Bertz CT molecular complexity index is 609. The van der Waals surface area contributed by atoms with Crippen LogP contribution in [0.5, 0.6) is 0 Å². The number of aromatic nitrogens is 2. The van der Waals surface area contributed by atoms with Gasteiger partial charge in [-0.3, -0.25) is 4.79 Å². The normalized spacial score (nSPS) is 11.2. The molecule has 0 saturated carbocycles. The van der Waals surface area contributed by atoms with Gasteiger partial charge in [-0.05, 0) is 33.3 Å². The highest BCUT2D eigenvalue weighted by atomic mass is 32.1. The van der Waals surface area contributed by atoms with Crippen molar-refractivity contribution >= 4 is 33.3 Å². The standard InChI is InChI=1S/C14H19N3O2S/c1-9(2)17(6-4-5-12(18)19)13-11-7-10(3)20-14(11)16-8-15-13/h7-9H,4-6H2,1-3H3,(H,18,19). The minimum Gasteiger partial charge on any atom is -0.481 e. The van der Waals surface area contributed by atoms with Gasteiger partial charge in [0.05, 0.1) is 5.39 Å². The van der Waals surface area contributed by atoms with Crippen molar-refractivity contribution in [3.8, 4) is 0 Å². The summed E-state index contributed by atoms with van der Waals surface area (Å²) in [5.74, 6) is 0.146. The fourth-order valence-corrected chi connectivity index (χ4v) is 3.04. The van der Waals surface area contributed by atoms with Gasteiger partial charge in [0.25, 0.3) is 0 Å². The molecule has 2 rings (SSSR count). The van der Waals surface area contributed by atoms with Crippen LogP contribution in [0.3, 0.4) is 0 Å². The molecule has 0 saturated heterocycles. The third-order valence-corrected chi connectivity index (χ3v) is 4.08. The molecular weight excluding hydrogens is 274 g/mol. The molecule has 2 heterocycles. The molecular formula is C14H19N3O2S. The van der Waals surface area contributed by atoms with Crippen LogP contribution in [0.4, 0.5) is 5.82 Å². The van der Waals surface area contributed by atoms with E-state index in [2.05, 4.69) is 41.7 Å². The zero-order valence-corrected chi connectivity index (χ0v) is 12.8. The first kappa shape index (κ1) is 14.7. The topological polar surface area (TPSA) is 66.3 Å². The fourth-order valence-electron chi connectivity index (χ4n) is 2.20. The molecule has 2 aromatic heterocycles. The van der Waals surface area contributed by atoms with E-state index in [0.29, 0.717) is 13.0 Å². The summed E-state index contributed by atoms with van der Waals surface area (Å²) in [6, 6.07) is 2.36. The minimum atomic E-state index is -0.757. The number of rotatable bonds is 6. The highest BCUT2D eigenvalue weighted by Gasteiger charge is 2.17. The Hall–Kier alpha value is -1.69. The van der Waals surface area contributed by atoms with Gasteiger partial charge >= 0.3 is 5.97 Å². The van der Waals surface area contributed by atoms with Gasteiger partial charge in [0.2, 0.25) is 0 Å². The first-order chi connectivity index (χ1) is 9.49. The number of hydrogen-bond donors (Lipinski definition) is 1. The Labute approximate surface area is 122 Å². The van der Waals surface area contributed by atoms with Crippen LogP contribution >= 0.6 is 11.3 Å². The van der Waals surface area contributed by atoms with Crippen molar-refractivity contribution in [3.63, 3.8) is 0 Å². The quantitative estimate of drug-likeness (QED) is 0.886. The van der Waals surface area contributed by atoms with Gasteiger partial charge in [-0.25, -0.2) is 9.97 Å². The van der Waals surface area contributed by atoms with Crippen LogP contribution in [-0.2, 0) is 4.79 Å². The second kappa shape index (κ2) is 6.17. The molecule has 0 fully saturated rings. The molecule has 0 bridgehead atoms. The summed E-state index contributed by atoms with van der Waals surface area (Å²) in [5.41, 5.74) is 0. The maximum Gasteiger partial charge on any atom is 0.303 e. The highest BCUT2D eigenvalue weighted by molar-refractivity contribution is 7.18. The third-order valence-electron chi connectivity index (χ3n) is 3.12. The second-order valence-electron chi connectivity index (χ2n) is 5.06. The fraction of sp³-hybridized carbons (Fsp3) is 0.500. The van der Waals surface area contributed by atoms with Crippen LogP contribution in [0, 0.1) is 6.92 Å². The smallest absolute Gasteiger partial charge is 0.303 e. The molecule has 2 aromatic rings. The predicted octanol–water partition coefficient (Wildman–Crippen LogP) is 3.08. The van der Waals surface area contributed by atoms with Crippen LogP contribution < -0.4 is 4.90 Å². The van der Waals surface area contributed by atoms with Gasteiger partial charge in [0.1, 0.15) is 17.0 Å². The number of aryl methyl sites for hydroxylation is 1. The molecule has 0 radical (unpaired) electrons. The van der Waals surface area contributed by atoms with E-state index in [-0.39, 0.29) is 12.5 Å². The van der Waals surface area contributed by atoms with E-state index in [9.17, 15) is 4.79 Å². The summed E-state index contributed by atoms with van der Waals surface area (Å²) in [4.78, 5) is 23.7. The molecule has 1 N–H and O–H groups in total. The van der Waals surface area contributed by atoms with Crippen LogP contribution in [0.2, 0.25) is 0 Å². The molecule has 0 aliphatic heterocycles. The van der Waals surface area contributed by atoms with Crippen molar-refractivity contribution in [1.82, 2.24) is 9.97 Å². The number of fused-ring (bicyclic) bond motifs is 1. The largest absolute Gasteiger partial charge is 0.481 e. The van der Waals surface area contributed by atoms with E-state index in [4.69, 9.17) is 5.11 Å². The van der Waals surface area contributed by atoms with Crippen molar-refractivity contribution in [3.05, 3.63) is 17.3 Å². The molecule has 0 aliphatic rings. The van der Waals surface area contributed by atoms with Gasteiger partial charge in [0.15, 0.2) is 0 Å². The van der Waals surface area contributed by atoms with Crippen molar-refractivity contribution in [2.75, 3.05) is 11.4 Å². The molecule has 6 heteroatoms. The van der Waals surface area contributed by atoms with Gasteiger partial charge in [-0.15, -0.1) is 11.3 Å². The Balaban J connectivity index is 2.29. The van der Waals surface area contributed by atoms with Crippen molar-refractivity contribution in [1.29, 1.82) is 0 Å². The van der Waals surface area contributed by atoms with E-state index in [1.54, 1.807) is 17.7 Å². The molecule has 0 atom stereocenters. The maximum absolute atomic E-state index is 10.7. The zero-order valence-electron chi connectivity index (χ0n) is 12.0. The summed E-state index contributed by atoms with van der Waals surface area (Å²) in [6.45, 7) is 6.92. The Morgan fingerprint density at radius 1 is 1.45 bits per heavy atom. The van der Waals surface area contributed by atoms with Crippen LogP contribution in [0.15, 0.2) is 12.4 Å². The molecule has 0 spiro atoms. The van der Waals surface area contributed by atoms with Crippen LogP contribution in [0.1, 0.15) is 31.6 Å². The van der Waals surface area contributed by atoms with E-state index in [1.165, 1.54) is 4.88 Å². The zero-order chi connectivity index (χ0) is 14.7. The van der Waals surface area contributed by atoms with E-state index in [0.717, 1.165) is 16.0 Å². The number of anilines is 1. The molecule has 5 nitrogen and oxygen atoms in total. The first-order valence-electron chi connectivity index (χ1n) is 6.68. The summed E-state index contributed by atoms with van der Waals surface area (Å²) >= 11 is 1.65. The molecule has 0 unspecified atom stereocenters. The maximum atomic E-state index is 10.7. The number of carboxylic acids is 1. The summed E-state index contributed by atoms with van der Waals surface area (Å²) in [5, 5.41) is 9.82. The molecule has 20 heavy (non-hydrogen) atoms. The predicted molar refractivity (Wildman–Crippen MR) is 81.5 cm³/mol. The van der Waals surface area contributed by atoms with Gasteiger partial charge < -0.3 is 10.0 Å². The van der Waals surface area contributed by atoms with E-state index >= 15 is 0 Å². The second-order valence-corrected chi connectivity index (χ2v) is 6.29. The lowest BCUT2D eigenvalue weighted by molar-refractivity contribution is -0.137. The highest BCUT2D eigenvalue weighted by Crippen LogP contribution is 2.30. The number of thiophene rings is 1. The average Bonchev–Trinajstić information content (AvgIpc) is 2.74. The van der Waals surface area contributed by atoms with Crippen LogP contribution in [-0.4, -0.2) is 33.6 Å². The molecule has 0 amide bonds. The third kappa shape index (κ3) is 3.25. The lowest BCUT2D eigenvalue weighted by atomic mass is 10.2. The first-order valence-corrected chi connectivity index (χ1v) is 7.50. The van der Waals surface area contributed by atoms with Gasteiger partial charge in [0, 0.05) is 23.9 Å². The number of aliphatic carboxylic acids is 1. The lowest BCUT2D eigenvalue weighted by Crippen LogP contribution is -2.33. The summed E-state index contributed by atoms with van der Waals surface area (Å²) < 4.78 is 0. The summed E-state index contributed by atoms with van der Waals surface area (Å²) in [6.07, 6.45) is 2.38. The Morgan fingerprint density at radius 3 is 2.85 bits per heavy atom. The SMILES string of the molecule is Cc1cc2c(N(CCCC(=O)O)C(C)C)ncnc2s1. The molecule has 0 aliphatic carbocycles. The van der Waals surface area contributed by atoms with E-state index < -0.39 is 5.97 Å². The molecule has 108 valence electrons. The van der Waals surface area contributed by atoms with E-state index in [1.807, 2.05) is 0 Å². The monoisotopic (exact) mass is 293 g/mol. The van der Waals surface area contributed by atoms with Crippen molar-refractivity contribution in [2.45, 2.75) is 39.7 Å². The number of nitrogens with zero attached hydrogens (tertiary/aromatic N) is 3. The minimum absolute atomic E-state index is 0.181. The number of hydrogen-bond acceptors (Lipinski definition) is 5. The lowest BCUT2D eigenvalue weighted by Gasteiger charge is -2.28. The Kier molecular flexibility index (Phi) is 4.54. The van der Waals surface area contributed by atoms with Crippen molar-refractivity contribution in [2.24, 2.45) is 0 Å². The Morgan fingerprint density at radius 2 is 2.20 bits per heavy atom. The average molecular weight is 293 g/mol. The van der Waals surface area contributed by atoms with Crippen LogP contribution in [0.25, 0.3) is 10.2 Å². The molecule has 0 aromatic carbocycles. The summed E-state index contributed by atoms with van der Waals surface area (Å²) in [7, 11) is 0.